The van der Waals surface area contributed by atoms with E-state index in [1.807, 2.05) is 12.1 Å². The largest absolute Gasteiger partial charge is 0.506 e. The van der Waals surface area contributed by atoms with E-state index in [0.717, 1.165) is 0 Å². The normalized spacial score (nSPS) is 10.8. The van der Waals surface area contributed by atoms with Crippen LogP contribution in [-0.2, 0) is 0 Å². The minimum atomic E-state index is 0.00533. The third kappa shape index (κ3) is 3.93. The summed E-state index contributed by atoms with van der Waals surface area (Å²) in [6.45, 7) is 0. The monoisotopic (exact) mass is 364 g/mol. The number of aliphatic imine (C=N–C) groups is 2. The van der Waals surface area contributed by atoms with Crippen LogP contribution in [0, 0.1) is 24.7 Å². The Kier molecular flexibility index (Phi) is 5.55. The minimum absolute atomic E-state index is 0.00533. The first-order valence-electron chi connectivity index (χ1n) is 8.38. The molecule has 0 unspecified atom stereocenters. The van der Waals surface area contributed by atoms with E-state index >= 15 is 0 Å². The average Bonchev–Trinajstić information content (AvgIpc) is 2.73. The lowest BCUT2D eigenvalue weighted by Gasteiger charge is -2.03. The molecular formula is C24H16N2O2. The van der Waals surface area contributed by atoms with Crippen molar-refractivity contribution in [2.75, 3.05) is 0 Å². The van der Waals surface area contributed by atoms with Gasteiger partial charge in [-0.05, 0) is 36.4 Å². The van der Waals surface area contributed by atoms with Crippen LogP contribution in [0.25, 0.3) is 0 Å². The number of benzene rings is 3. The molecule has 28 heavy (non-hydrogen) atoms. The Hall–Kier alpha value is -4.28. The second-order valence-electron chi connectivity index (χ2n) is 5.78. The topological polar surface area (TPSA) is 65.2 Å². The van der Waals surface area contributed by atoms with Gasteiger partial charge in [-0.1, -0.05) is 36.1 Å². The van der Waals surface area contributed by atoms with Crippen LogP contribution in [0.3, 0.4) is 0 Å². The van der Waals surface area contributed by atoms with E-state index in [4.69, 9.17) is 12.8 Å². The summed E-state index contributed by atoms with van der Waals surface area (Å²) in [4.78, 5) is 8.84. The van der Waals surface area contributed by atoms with Crippen LogP contribution >= 0.6 is 0 Å². The maximum absolute atomic E-state index is 10.2. The summed E-state index contributed by atoms with van der Waals surface area (Å²) in [6, 6.07) is 17.5. The summed E-state index contributed by atoms with van der Waals surface area (Å²) in [7, 11) is 0. The number of terminal acetylenes is 2. The van der Waals surface area contributed by atoms with Gasteiger partial charge in [0.25, 0.3) is 0 Å². The van der Waals surface area contributed by atoms with Crippen molar-refractivity contribution in [3.05, 3.63) is 82.9 Å². The van der Waals surface area contributed by atoms with Gasteiger partial charge in [-0.3, -0.25) is 9.98 Å². The highest BCUT2D eigenvalue weighted by Gasteiger charge is 2.05. The van der Waals surface area contributed by atoms with E-state index < -0.39 is 0 Å². The lowest BCUT2D eigenvalue weighted by molar-refractivity contribution is 0.472. The Morgan fingerprint density at radius 3 is 1.46 bits per heavy atom. The molecule has 0 spiro atoms. The quantitative estimate of drug-likeness (QED) is 0.526. The minimum Gasteiger partial charge on any atom is -0.506 e. The number of phenolic OH excluding ortho intramolecular Hbond substituents is 2. The second kappa shape index (κ2) is 8.40. The van der Waals surface area contributed by atoms with Crippen molar-refractivity contribution in [2.45, 2.75) is 0 Å². The first-order valence-corrected chi connectivity index (χ1v) is 8.38. The van der Waals surface area contributed by atoms with E-state index in [1.54, 1.807) is 48.5 Å². The summed E-state index contributed by atoms with van der Waals surface area (Å²) in [5.74, 6) is 4.86. The molecule has 4 heteroatoms. The van der Waals surface area contributed by atoms with Crippen LogP contribution in [0.2, 0.25) is 0 Å². The number of para-hydroxylation sites is 4. The van der Waals surface area contributed by atoms with Gasteiger partial charge in [0.1, 0.15) is 11.5 Å². The molecule has 0 atom stereocenters. The Balaban J connectivity index is 1.93. The summed E-state index contributed by atoms with van der Waals surface area (Å²) in [5.41, 5.74) is 3.01. The Morgan fingerprint density at radius 2 is 1.07 bits per heavy atom. The van der Waals surface area contributed by atoms with Crippen molar-refractivity contribution >= 4 is 23.8 Å². The van der Waals surface area contributed by atoms with Gasteiger partial charge >= 0.3 is 0 Å². The molecule has 0 aliphatic heterocycles. The van der Waals surface area contributed by atoms with Crippen LogP contribution in [0.5, 0.6) is 11.5 Å². The maximum atomic E-state index is 10.2. The summed E-state index contributed by atoms with van der Waals surface area (Å²) >= 11 is 0. The molecular weight excluding hydrogens is 348 g/mol. The van der Waals surface area contributed by atoms with Gasteiger partial charge in [0.15, 0.2) is 0 Å². The lowest BCUT2D eigenvalue weighted by atomic mass is 10.1. The van der Waals surface area contributed by atoms with E-state index in [-0.39, 0.29) is 11.5 Å². The van der Waals surface area contributed by atoms with Gasteiger partial charge in [0.2, 0.25) is 0 Å². The highest BCUT2D eigenvalue weighted by Crippen LogP contribution is 2.29. The highest BCUT2D eigenvalue weighted by molar-refractivity contribution is 5.90. The van der Waals surface area contributed by atoms with Crippen molar-refractivity contribution in [3.63, 3.8) is 0 Å². The fourth-order valence-electron chi connectivity index (χ4n) is 2.52. The van der Waals surface area contributed by atoms with Gasteiger partial charge in [-0.2, -0.15) is 0 Å². The molecule has 3 rings (SSSR count). The SMILES string of the molecule is C#Cc1cccc(C=Nc2ccccc2N=Cc2cccc(C#C)c2O)c1O. The maximum Gasteiger partial charge on any atom is 0.139 e. The number of rotatable bonds is 4. The Morgan fingerprint density at radius 1 is 0.643 bits per heavy atom. The summed E-state index contributed by atoms with van der Waals surface area (Å²) in [5, 5.41) is 20.3. The smallest absolute Gasteiger partial charge is 0.139 e. The molecule has 0 heterocycles. The number of hydrogen-bond acceptors (Lipinski definition) is 4. The standard InChI is InChI=1S/C24H16N2O2/c1-3-17-9-7-11-19(23(17)27)15-25-21-13-5-6-14-22(21)26-16-20-12-8-10-18(4-2)24(20)28/h1-2,5-16,27-28H. The highest BCUT2D eigenvalue weighted by atomic mass is 16.3. The van der Waals surface area contributed by atoms with Crippen molar-refractivity contribution < 1.29 is 10.2 Å². The molecule has 0 bridgehead atoms. The summed E-state index contributed by atoms with van der Waals surface area (Å²) in [6.07, 6.45) is 13.8. The molecule has 0 fully saturated rings. The van der Waals surface area contributed by atoms with Gasteiger partial charge < -0.3 is 10.2 Å². The Labute approximate surface area is 163 Å². The number of phenols is 2. The predicted molar refractivity (Wildman–Crippen MR) is 113 cm³/mol. The van der Waals surface area contributed by atoms with Crippen LogP contribution in [-0.4, -0.2) is 22.6 Å². The molecule has 2 N–H and O–H groups in total. The second-order valence-corrected chi connectivity index (χ2v) is 5.78. The average molecular weight is 364 g/mol. The molecule has 4 nitrogen and oxygen atoms in total. The molecule has 0 aromatic heterocycles. The molecule has 0 radical (unpaired) electrons. The van der Waals surface area contributed by atoms with E-state index in [2.05, 4.69) is 21.8 Å². The van der Waals surface area contributed by atoms with E-state index in [1.165, 1.54) is 12.4 Å². The molecule has 0 aliphatic rings. The first kappa shape index (κ1) is 18.5. The Bertz CT molecular complexity index is 1070. The van der Waals surface area contributed by atoms with Gasteiger partial charge in [0, 0.05) is 23.6 Å². The number of aromatic hydroxyl groups is 2. The fraction of sp³-hybridized carbons (Fsp3) is 0. The zero-order valence-corrected chi connectivity index (χ0v) is 14.9. The zero-order chi connectivity index (χ0) is 19.9. The molecule has 3 aromatic rings. The molecule has 0 saturated heterocycles. The third-order valence-electron chi connectivity index (χ3n) is 4.01. The molecule has 0 amide bonds. The van der Waals surface area contributed by atoms with Crippen molar-refractivity contribution in [3.8, 4) is 36.2 Å². The van der Waals surface area contributed by atoms with Crippen molar-refractivity contribution in [1.29, 1.82) is 0 Å². The zero-order valence-electron chi connectivity index (χ0n) is 14.9. The van der Waals surface area contributed by atoms with Gasteiger partial charge in [-0.25, -0.2) is 0 Å². The number of hydrogen-bond donors (Lipinski definition) is 2. The summed E-state index contributed by atoms with van der Waals surface area (Å²) < 4.78 is 0. The van der Waals surface area contributed by atoms with E-state index in [0.29, 0.717) is 33.6 Å². The van der Waals surface area contributed by atoms with E-state index in [9.17, 15) is 10.2 Å². The van der Waals surface area contributed by atoms with Crippen LogP contribution in [0.15, 0.2) is 70.6 Å². The van der Waals surface area contributed by atoms with Crippen LogP contribution in [0.1, 0.15) is 22.3 Å². The first-order chi connectivity index (χ1) is 13.6. The van der Waals surface area contributed by atoms with Crippen molar-refractivity contribution in [1.82, 2.24) is 0 Å². The van der Waals surface area contributed by atoms with Crippen LogP contribution in [0.4, 0.5) is 11.4 Å². The van der Waals surface area contributed by atoms with Crippen molar-refractivity contribution in [2.24, 2.45) is 9.98 Å². The van der Waals surface area contributed by atoms with Gasteiger partial charge in [-0.15, -0.1) is 12.8 Å². The van der Waals surface area contributed by atoms with Crippen LogP contribution < -0.4 is 0 Å². The molecule has 0 saturated carbocycles. The molecule has 3 aromatic carbocycles. The predicted octanol–water partition coefficient (Wildman–Crippen LogP) is 4.56. The molecule has 0 aliphatic carbocycles. The number of nitrogens with zero attached hydrogens (tertiary/aromatic N) is 2. The lowest BCUT2D eigenvalue weighted by Crippen LogP contribution is -1.86. The molecule has 134 valence electrons. The fourth-order valence-corrected chi connectivity index (χ4v) is 2.52. The third-order valence-corrected chi connectivity index (χ3v) is 4.01. The van der Waals surface area contributed by atoms with Gasteiger partial charge in [0.05, 0.1) is 22.5 Å².